The van der Waals surface area contributed by atoms with E-state index in [-0.39, 0.29) is 5.97 Å². The SMILES string of the molecule is C=C(CN(C)C)C(=O)OCCCCOC1CCC(C2CCC(CCCCC)CC2)CC1. The molecule has 0 aromatic carbocycles. The van der Waals surface area contributed by atoms with Gasteiger partial charge in [-0.15, -0.1) is 0 Å². The second-order valence-corrected chi connectivity index (χ2v) is 10.4. The van der Waals surface area contributed by atoms with Crippen molar-refractivity contribution < 1.29 is 14.3 Å². The molecule has 180 valence electrons. The number of rotatable bonds is 14. The average molecular weight is 436 g/mol. The molecule has 0 unspecified atom stereocenters. The van der Waals surface area contributed by atoms with Crippen molar-refractivity contribution in [3.8, 4) is 0 Å². The number of hydrogen-bond acceptors (Lipinski definition) is 4. The van der Waals surface area contributed by atoms with E-state index in [2.05, 4.69) is 13.5 Å². The molecule has 0 aliphatic heterocycles. The summed E-state index contributed by atoms with van der Waals surface area (Å²) in [5.41, 5.74) is 0.517. The summed E-state index contributed by atoms with van der Waals surface area (Å²) in [6.07, 6.45) is 19.1. The molecule has 31 heavy (non-hydrogen) atoms. The van der Waals surface area contributed by atoms with Gasteiger partial charge in [0.2, 0.25) is 0 Å². The molecule has 2 fully saturated rings. The highest BCUT2D eigenvalue weighted by Crippen LogP contribution is 2.41. The first-order valence-corrected chi connectivity index (χ1v) is 13.1. The first-order chi connectivity index (χ1) is 15.0. The summed E-state index contributed by atoms with van der Waals surface area (Å²) < 4.78 is 11.4. The highest BCUT2D eigenvalue weighted by molar-refractivity contribution is 5.88. The van der Waals surface area contributed by atoms with E-state index in [0.29, 0.717) is 24.8 Å². The van der Waals surface area contributed by atoms with E-state index in [1.165, 1.54) is 77.0 Å². The monoisotopic (exact) mass is 435 g/mol. The normalized spacial score (nSPS) is 26.7. The minimum Gasteiger partial charge on any atom is -0.462 e. The Kier molecular flexibility index (Phi) is 12.8. The molecule has 2 aliphatic carbocycles. The topological polar surface area (TPSA) is 38.8 Å². The van der Waals surface area contributed by atoms with Crippen molar-refractivity contribution in [3.63, 3.8) is 0 Å². The third kappa shape index (κ3) is 10.5. The molecule has 0 heterocycles. The summed E-state index contributed by atoms with van der Waals surface area (Å²) in [6.45, 7) is 7.89. The van der Waals surface area contributed by atoms with Gasteiger partial charge in [0.1, 0.15) is 0 Å². The number of unbranched alkanes of at least 4 members (excludes halogenated alkanes) is 3. The minimum atomic E-state index is -0.275. The van der Waals surface area contributed by atoms with E-state index < -0.39 is 0 Å². The van der Waals surface area contributed by atoms with Gasteiger partial charge in [-0.25, -0.2) is 4.79 Å². The lowest BCUT2D eigenvalue weighted by atomic mass is 9.70. The first-order valence-electron chi connectivity index (χ1n) is 13.1. The number of hydrogen-bond donors (Lipinski definition) is 0. The Morgan fingerprint density at radius 1 is 0.871 bits per heavy atom. The Balaban J connectivity index is 1.47. The van der Waals surface area contributed by atoms with Crippen LogP contribution >= 0.6 is 0 Å². The molecule has 2 rings (SSSR count). The van der Waals surface area contributed by atoms with E-state index in [1.807, 2.05) is 19.0 Å². The molecule has 0 atom stereocenters. The first kappa shape index (κ1) is 26.4. The summed E-state index contributed by atoms with van der Waals surface area (Å²) in [5, 5.41) is 0. The molecule has 0 radical (unpaired) electrons. The smallest absolute Gasteiger partial charge is 0.334 e. The van der Waals surface area contributed by atoms with E-state index >= 15 is 0 Å². The quantitative estimate of drug-likeness (QED) is 0.180. The second-order valence-electron chi connectivity index (χ2n) is 10.4. The van der Waals surface area contributed by atoms with Crippen LogP contribution in [0.5, 0.6) is 0 Å². The van der Waals surface area contributed by atoms with Gasteiger partial charge in [-0.1, -0.05) is 52.0 Å². The molecule has 0 saturated heterocycles. The van der Waals surface area contributed by atoms with Crippen LogP contribution in [0, 0.1) is 17.8 Å². The van der Waals surface area contributed by atoms with Crippen LogP contribution in [-0.4, -0.2) is 50.8 Å². The minimum absolute atomic E-state index is 0.275. The lowest BCUT2D eigenvalue weighted by Crippen LogP contribution is -2.28. The number of likely N-dealkylation sites (N-methyl/N-ethyl adjacent to an activating group) is 1. The van der Waals surface area contributed by atoms with Crippen molar-refractivity contribution in [2.24, 2.45) is 17.8 Å². The van der Waals surface area contributed by atoms with E-state index in [1.54, 1.807) is 0 Å². The van der Waals surface area contributed by atoms with E-state index in [0.717, 1.165) is 37.2 Å². The molecule has 4 nitrogen and oxygen atoms in total. The van der Waals surface area contributed by atoms with Gasteiger partial charge in [-0.05, 0) is 83.2 Å². The van der Waals surface area contributed by atoms with Crippen molar-refractivity contribution in [2.75, 3.05) is 33.9 Å². The molecule has 4 heteroatoms. The number of carbonyl (C=O) groups excluding carboxylic acids is 1. The third-order valence-corrected chi connectivity index (χ3v) is 7.41. The fourth-order valence-electron chi connectivity index (χ4n) is 5.53. The molecular weight excluding hydrogens is 386 g/mol. The van der Waals surface area contributed by atoms with Crippen LogP contribution in [0.4, 0.5) is 0 Å². The largest absolute Gasteiger partial charge is 0.462 e. The predicted molar refractivity (Wildman–Crippen MR) is 129 cm³/mol. The van der Waals surface area contributed by atoms with Gasteiger partial charge in [0, 0.05) is 18.7 Å². The van der Waals surface area contributed by atoms with E-state index in [4.69, 9.17) is 9.47 Å². The lowest BCUT2D eigenvalue weighted by molar-refractivity contribution is -0.139. The summed E-state index contributed by atoms with van der Waals surface area (Å²) in [6, 6.07) is 0. The second kappa shape index (κ2) is 15.1. The maximum Gasteiger partial charge on any atom is 0.334 e. The molecular formula is C27H49NO3. The number of esters is 1. The molecule has 0 N–H and O–H groups in total. The Hall–Kier alpha value is -0.870. The zero-order valence-corrected chi connectivity index (χ0v) is 20.7. The Labute approximate surface area is 192 Å². The molecule has 0 amide bonds. The molecule has 0 aromatic heterocycles. The Morgan fingerprint density at radius 3 is 2.10 bits per heavy atom. The Bertz CT molecular complexity index is 503. The van der Waals surface area contributed by atoms with Gasteiger partial charge in [0.25, 0.3) is 0 Å². The number of carbonyl (C=O) groups is 1. The van der Waals surface area contributed by atoms with Crippen LogP contribution in [0.1, 0.15) is 96.8 Å². The number of nitrogens with zero attached hydrogens (tertiary/aromatic N) is 1. The Morgan fingerprint density at radius 2 is 1.48 bits per heavy atom. The van der Waals surface area contributed by atoms with Gasteiger partial charge in [0.05, 0.1) is 12.7 Å². The van der Waals surface area contributed by atoms with Crippen molar-refractivity contribution in [2.45, 2.75) is 103 Å². The van der Waals surface area contributed by atoms with Crippen molar-refractivity contribution in [1.82, 2.24) is 4.90 Å². The molecule has 0 bridgehead atoms. The van der Waals surface area contributed by atoms with Gasteiger partial charge >= 0.3 is 5.97 Å². The van der Waals surface area contributed by atoms with Crippen LogP contribution in [0.2, 0.25) is 0 Å². The average Bonchev–Trinajstić information content (AvgIpc) is 2.76. The predicted octanol–water partition coefficient (Wildman–Crippen LogP) is 6.39. The van der Waals surface area contributed by atoms with Gasteiger partial charge in [-0.2, -0.15) is 0 Å². The highest BCUT2D eigenvalue weighted by Gasteiger charge is 2.30. The van der Waals surface area contributed by atoms with Gasteiger partial charge in [-0.3, -0.25) is 0 Å². The maximum atomic E-state index is 11.8. The fraction of sp³-hybridized carbons (Fsp3) is 0.889. The standard InChI is InChI=1S/C27H49NO3/c1-5-6-7-10-23-11-13-24(14-12-23)25-15-17-26(18-16-25)30-19-8-9-20-31-27(29)22(2)21-28(3)4/h23-26H,2,5-21H2,1,3-4H3. The van der Waals surface area contributed by atoms with Gasteiger partial charge in [0.15, 0.2) is 0 Å². The lowest BCUT2D eigenvalue weighted by Gasteiger charge is -2.38. The molecule has 2 saturated carbocycles. The summed E-state index contributed by atoms with van der Waals surface area (Å²) in [4.78, 5) is 13.7. The van der Waals surface area contributed by atoms with Crippen LogP contribution in [0.25, 0.3) is 0 Å². The van der Waals surface area contributed by atoms with Crippen molar-refractivity contribution in [1.29, 1.82) is 0 Å². The maximum absolute atomic E-state index is 11.8. The summed E-state index contributed by atoms with van der Waals surface area (Å²) in [5.74, 6) is 2.68. The molecule has 0 aromatic rings. The number of ether oxygens (including phenoxy) is 2. The van der Waals surface area contributed by atoms with Crippen molar-refractivity contribution >= 4 is 5.97 Å². The summed E-state index contributed by atoms with van der Waals surface area (Å²) >= 11 is 0. The summed E-state index contributed by atoms with van der Waals surface area (Å²) in [7, 11) is 3.84. The van der Waals surface area contributed by atoms with Crippen LogP contribution in [-0.2, 0) is 14.3 Å². The van der Waals surface area contributed by atoms with Crippen LogP contribution < -0.4 is 0 Å². The van der Waals surface area contributed by atoms with Crippen LogP contribution in [0.15, 0.2) is 12.2 Å². The third-order valence-electron chi connectivity index (χ3n) is 7.41. The zero-order valence-electron chi connectivity index (χ0n) is 20.7. The highest BCUT2D eigenvalue weighted by atomic mass is 16.5. The zero-order chi connectivity index (χ0) is 22.5. The molecule has 0 spiro atoms. The fourth-order valence-corrected chi connectivity index (χ4v) is 5.53. The van der Waals surface area contributed by atoms with E-state index in [9.17, 15) is 4.79 Å². The van der Waals surface area contributed by atoms with Crippen molar-refractivity contribution in [3.05, 3.63) is 12.2 Å². The van der Waals surface area contributed by atoms with Crippen LogP contribution in [0.3, 0.4) is 0 Å². The van der Waals surface area contributed by atoms with Gasteiger partial charge < -0.3 is 14.4 Å². The molecule has 2 aliphatic rings.